The molecule has 0 aromatic heterocycles. The molecular formula is C15H18N4O5S. The van der Waals surface area contributed by atoms with E-state index in [2.05, 4.69) is 5.32 Å². The number of hydrogen-bond acceptors (Lipinski definition) is 5. The maximum absolute atomic E-state index is 12.4. The van der Waals surface area contributed by atoms with Gasteiger partial charge in [-0.05, 0) is 24.3 Å². The van der Waals surface area contributed by atoms with Crippen molar-refractivity contribution in [2.45, 2.75) is 10.9 Å². The van der Waals surface area contributed by atoms with Crippen LogP contribution in [0.1, 0.15) is 10.4 Å². The van der Waals surface area contributed by atoms with Crippen LogP contribution < -0.4 is 5.32 Å². The second kappa shape index (κ2) is 6.12. The Balaban J connectivity index is 1.65. The first-order valence-electron chi connectivity index (χ1n) is 7.63. The van der Waals surface area contributed by atoms with E-state index in [9.17, 15) is 22.8 Å². The second-order valence-electron chi connectivity index (χ2n) is 6.10. The van der Waals surface area contributed by atoms with Gasteiger partial charge in [-0.2, -0.15) is 0 Å². The summed E-state index contributed by atoms with van der Waals surface area (Å²) in [5.74, 6) is -0.558. The monoisotopic (exact) mass is 366 g/mol. The lowest BCUT2D eigenvalue weighted by atomic mass is 10.1. The maximum atomic E-state index is 12.4. The lowest BCUT2D eigenvalue weighted by molar-refractivity contribution is -0.128. The molecule has 2 saturated heterocycles. The predicted molar refractivity (Wildman–Crippen MR) is 87.3 cm³/mol. The third-order valence-electron chi connectivity index (χ3n) is 4.27. The predicted octanol–water partition coefficient (Wildman–Crippen LogP) is -0.687. The zero-order chi connectivity index (χ0) is 18.4. The summed E-state index contributed by atoms with van der Waals surface area (Å²) in [6.45, 7) is 0.538. The van der Waals surface area contributed by atoms with Gasteiger partial charge in [0.05, 0.1) is 17.5 Å². The van der Waals surface area contributed by atoms with Crippen LogP contribution in [0.4, 0.5) is 4.79 Å². The van der Waals surface area contributed by atoms with E-state index in [0.717, 1.165) is 9.21 Å². The summed E-state index contributed by atoms with van der Waals surface area (Å²) in [5, 5.41) is 2.45. The minimum absolute atomic E-state index is 0.00884. The van der Waals surface area contributed by atoms with Crippen LogP contribution in [0.25, 0.3) is 0 Å². The van der Waals surface area contributed by atoms with Crippen molar-refractivity contribution < 1.29 is 22.8 Å². The van der Waals surface area contributed by atoms with Crippen molar-refractivity contribution in [1.82, 2.24) is 19.4 Å². The number of rotatable bonds is 4. The van der Waals surface area contributed by atoms with Crippen LogP contribution in [0.5, 0.6) is 0 Å². The van der Waals surface area contributed by atoms with Crippen LogP contribution in [-0.2, 0) is 14.8 Å². The normalized spacial score (nSPS) is 18.5. The Kier molecular flexibility index (Phi) is 4.25. The number of nitrogens with zero attached hydrogens (tertiary/aromatic N) is 3. The molecule has 2 aliphatic heterocycles. The Hall–Kier alpha value is -2.46. The van der Waals surface area contributed by atoms with Crippen molar-refractivity contribution in [3.8, 4) is 0 Å². The Morgan fingerprint density at radius 3 is 2.24 bits per heavy atom. The lowest BCUT2D eigenvalue weighted by Crippen LogP contribution is -2.62. The van der Waals surface area contributed by atoms with Crippen molar-refractivity contribution in [3.63, 3.8) is 0 Å². The molecule has 4 amide bonds. The van der Waals surface area contributed by atoms with Gasteiger partial charge in [0.1, 0.15) is 0 Å². The van der Waals surface area contributed by atoms with Gasteiger partial charge in [0, 0.05) is 32.7 Å². The summed E-state index contributed by atoms with van der Waals surface area (Å²) in [6.07, 6.45) is 0. The highest BCUT2D eigenvalue weighted by atomic mass is 32.2. The molecule has 3 rings (SSSR count). The quantitative estimate of drug-likeness (QED) is 0.710. The van der Waals surface area contributed by atoms with E-state index in [-0.39, 0.29) is 42.4 Å². The zero-order valence-corrected chi connectivity index (χ0v) is 14.6. The molecular weight excluding hydrogens is 348 g/mol. The average Bonchev–Trinajstić information content (AvgIpc) is 2.85. The second-order valence-corrected chi connectivity index (χ2v) is 8.25. The Morgan fingerprint density at radius 2 is 1.76 bits per heavy atom. The van der Waals surface area contributed by atoms with Crippen LogP contribution in [-0.4, -0.2) is 80.1 Å². The maximum Gasteiger partial charge on any atom is 0.324 e. The molecule has 1 aromatic rings. The van der Waals surface area contributed by atoms with E-state index in [1.165, 1.54) is 43.3 Å². The SMILES string of the molecule is CN(C)S(=O)(=O)c1ccc(C(=O)N2CC(N3C(=O)CNC3=O)C2)cc1. The Labute approximate surface area is 145 Å². The summed E-state index contributed by atoms with van der Waals surface area (Å²) in [4.78, 5) is 38.4. The number of nitrogens with one attached hydrogen (secondary N) is 1. The Morgan fingerprint density at radius 1 is 1.16 bits per heavy atom. The van der Waals surface area contributed by atoms with Gasteiger partial charge in [0.2, 0.25) is 15.9 Å². The van der Waals surface area contributed by atoms with Gasteiger partial charge in [0.15, 0.2) is 0 Å². The molecule has 0 atom stereocenters. The van der Waals surface area contributed by atoms with Gasteiger partial charge >= 0.3 is 6.03 Å². The van der Waals surface area contributed by atoms with E-state index in [1.54, 1.807) is 0 Å². The van der Waals surface area contributed by atoms with Gasteiger partial charge in [-0.1, -0.05) is 0 Å². The molecule has 2 fully saturated rings. The topological polar surface area (TPSA) is 107 Å². The van der Waals surface area contributed by atoms with Gasteiger partial charge in [-0.15, -0.1) is 0 Å². The van der Waals surface area contributed by atoms with Crippen LogP contribution in [0.15, 0.2) is 29.2 Å². The van der Waals surface area contributed by atoms with Gasteiger partial charge in [-0.25, -0.2) is 17.5 Å². The van der Waals surface area contributed by atoms with Crippen molar-refractivity contribution in [2.24, 2.45) is 0 Å². The van der Waals surface area contributed by atoms with Crippen LogP contribution in [0.2, 0.25) is 0 Å². The summed E-state index contributed by atoms with van der Waals surface area (Å²) >= 11 is 0. The minimum atomic E-state index is -3.54. The number of hydrogen-bond donors (Lipinski definition) is 1. The van der Waals surface area contributed by atoms with E-state index in [4.69, 9.17) is 0 Å². The fourth-order valence-electron chi connectivity index (χ4n) is 2.75. The number of amides is 4. The first-order valence-corrected chi connectivity index (χ1v) is 9.07. The van der Waals surface area contributed by atoms with Crippen molar-refractivity contribution in [1.29, 1.82) is 0 Å². The highest BCUT2D eigenvalue weighted by molar-refractivity contribution is 7.89. The molecule has 1 N–H and O–H groups in total. The van der Waals surface area contributed by atoms with E-state index in [0.29, 0.717) is 5.56 Å². The van der Waals surface area contributed by atoms with Gasteiger partial charge in [-0.3, -0.25) is 14.5 Å². The van der Waals surface area contributed by atoms with Crippen molar-refractivity contribution >= 4 is 27.9 Å². The standard InChI is InChI=1S/C15H18N4O5S/c1-17(2)25(23,24)12-5-3-10(4-6-12)14(21)18-8-11(9-18)19-13(20)7-16-15(19)22/h3-6,11H,7-9H2,1-2H3,(H,16,22). The number of carbonyl (C=O) groups is 3. The van der Waals surface area contributed by atoms with Crippen LogP contribution in [0.3, 0.4) is 0 Å². The molecule has 0 radical (unpaired) electrons. The lowest BCUT2D eigenvalue weighted by Gasteiger charge is -2.42. The Bertz CT molecular complexity index is 812. The summed E-state index contributed by atoms with van der Waals surface area (Å²) in [6, 6.07) is 4.95. The minimum Gasteiger partial charge on any atom is -0.334 e. The molecule has 0 bridgehead atoms. The largest absolute Gasteiger partial charge is 0.334 e. The molecule has 1 aromatic carbocycles. The number of benzene rings is 1. The molecule has 2 aliphatic rings. The summed E-state index contributed by atoms with van der Waals surface area (Å²) < 4.78 is 25.1. The summed E-state index contributed by atoms with van der Waals surface area (Å²) in [5.41, 5.74) is 0.355. The van der Waals surface area contributed by atoms with Crippen LogP contribution in [0, 0.1) is 0 Å². The van der Waals surface area contributed by atoms with Crippen molar-refractivity contribution in [2.75, 3.05) is 33.7 Å². The number of urea groups is 1. The third-order valence-corrected chi connectivity index (χ3v) is 6.10. The number of likely N-dealkylation sites (tertiary alicyclic amines) is 1. The number of imide groups is 1. The average molecular weight is 366 g/mol. The molecule has 0 unspecified atom stereocenters. The fraction of sp³-hybridized carbons (Fsp3) is 0.400. The number of sulfonamides is 1. The first-order chi connectivity index (χ1) is 11.7. The molecule has 2 heterocycles. The highest BCUT2D eigenvalue weighted by Crippen LogP contribution is 2.21. The first kappa shape index (κ1) is 17.4. The third kappa shape index (κ3) is 2.98. The van der Waals surface area contributed by atoms with Gasteiger partial charge in [0.25, 0.3) is 5.91 Å². The molecule has 134 valence electrons. The molecule has 0 spiro atoms. The molecule has 0 saturated carbocycles. The van der Waals surface area contributed by atoms with Crippen LogP contribution >= 0.6 is 0 Å². The zero-order valence-electron chi connectivity index (χ0n) is 13.8. The highest BCUT2D eigenvalue weighted by Gasteiger charge is 2.43. The fourth-order valence-corrected chi connectivity index (χ4v) is 3.65. The van der Waals surface area contributed by atoms with Gasteiger partial charge < -0.3 is 10.2 Å². The van der Waals surface area contributed by atoms with E-state index in [1.807, 2.05) is 0 Å². The summed E-state index contributed by atoms with van der Waals surface area (Å²) in [7, 11) is -0.674. The number of carbonyl (C=O) groups excluding carboxylic acids is 3. The smallest absolute Gasteiger partial charge is 0.324 e. The molecule has 10 heteroatoms. The molecule has 9 nitrogen and oxygen atoms in total. The molecule has 25 heavy (non-hydrogen) atoms. The van der Waals surface area contributed by atoms with Crippen molar-refractivity contribution in [3.05, 3.63) is 29.8 Å². The molecule has 0 aliphatic carbocycles. The van der Waals surface area contributed by atoms with E-state index >= 15 is 0 Å². The van der Waals surface area contributed by atoms with E-state index < -0.39 is 16.1 Å².